The van der Waals surface area contributed by atoms with Gasteiger partial charge >= 0.3 is 20.1 Å². The average Bonchev–Trinajstić information content (AvgIpc) is 3.17. The quantitative estimate of drug-likeness (QED) is 0.136. The van der Waals surface area contributed by atoms with E-state index in [1.807, 2.05) is 91.4 Å². The first kappa shape index (κ1) is 51.1. The standard InChI is InChI=1S/3C19H24N.Ir/c3*1-18(2,3)14-19(4,5)16-10-8-9-15(13-16)17-11-6-7-12-20-17;/h3*6-8,10-13H,14H2,1-5H3;/q3*-1;+3. The van der Waals surface area contributed by atoms with Gasteiger partial charge in [-0.25, -0.2) is 0 Å². The minimum atomic E-state index is 0. The predicted molar refractivity (Wildman–Crippen MR) is 257 cm³/mol. The second-order valence-electron chi connectivity index (χ2n) is 22.0. The maximum absolute atomic E-state index is 4.42. The van der Waals surface area contributed by atoms with Crippen molar-refractivity contribution in [2.75, 3.05) is 0 Å². The number of hydrogen-bond donors (Lipinski definition) is 0. The Hall–Kier alpha value is -4.24. The van der Waals surface area contributed by atoms with Gasteiger partial charge in [-0.05, 0) is 87.0 Å². The summed E-state index contributed by atoms with van der Waals surface area (Å²) in [5.74, 6) is 0. The van der Waals surface area contributed by atoms with Crippen molar-refractivity contribution in [1.29, 1.82) is 0 Å². The summed E-state index contributed by atoms with van der Waals surface area (Å²) in [6, 6.07) is 47.1. The smallest absolute Gasteiger partial charge is 0.305 e. The molecule has 0 saturated heterocycles. The molecule has 0 fully saturated rings. The molecule has 0 saturated carbocycles. The van der Waals surface area contributed by atoms with Crippen molar-refractivity contribution in [2.24, 2.45) is 16.2 Å². The number of hydrogen-bond acceptors (Lipinski definition) is 3. The zero-order valence-electron chi connectivity index (χ0n) is 39.9. The second-order valence-corrected chi connectivity index (χ2v) is 22.0. The Morgan fingerprint density at radius 3 is 0.803 bits per heavy atom. The van der Waals surface area contributed by atoms with Crippen molar-refractivity contribution in [3.8, 4) is 33.8 Å². The summed E-state index contributed by atoms with van der Waals surface area (Å²) in [4.78, 5) is 13.2. The molecule has 6 rings (SSSR count). The van der Waals surface area contributed by atoms with Gasteiger partial charge in [0.15, 0.2) is 0 Å². The van der Waals surface area contributed by atoms with Crippen LogP contribution in [-0.4, -0.2) is 15.0 Å². The number of benzene rings is 3. The van der Waals surface area contributed by atoms with Crippen molar-refractivity contribution < 1.29 is 20.1 Å². The van der Waals surface area contributed by atoms with Crippen molar-refractivity contribution in [1.82, 2.24) is 15.0 Å². The Morgan fingerprint density at radius 1 is 0.361 bits per heavy atom. The van der Waals surface area contributed by atoms with Crippen LogP contribution in [0.5, 0.6) is 0 Å². The molecule has 3 heterocycles. The minimum Gasteiger partial charge on any atom is -0.305 e. The SMILES string of the molecule is CC(C)(C)CC(C)(C)c1cc[c-]c(-c2ccccn2)c1.CC(C)(C)CC(C)(C)c1cc[c-]c(-c2ccccn2)c1.CC(C)(C)CC(C)(C)c1cc[c-]c(-c2ccccn2)c1.[Ir+3]. The van der Waals surface area contributed by atoms with Gasteiger partial charge < -0.3 is 15.0 Å². The van der Waals surface area contributed by atoms with Crippen LogP contribution in [0.3, 0.4) is 0 Å². The molecule has 0 atom stereocenters. The van der Waals surface area contributed by atoms with Crippen LogP contribution in [0.1, 0.15) is 140 Å². The van der Waals surface area contributed by atoms with Crippen LogP contribution in [0.2, 0.25) is 0 Å². The van der Waals surface area contributed by atoms with Gasteiger partial charge in [-0.15, -0.1) is 106 Å². The number of nitrogens with zero attached hydrogens (tertiary/aromatic N) is 3. The summed E-state index contributed by atoms with van der Waals surface area (Å²) >= 11 is 0. The van der Waals surface area contributed by atoms with E-state index in [-0.39, 0.29) is 36.4 Å². The molecule has 324 valence electrons. The molecule has 0 aliphatic heterocycles. The molecule has 0 bridgehead atoms. The van der Waals surface area contributed by atoms with E-state index < -0.39 is 0 Å². The third kappa shape index (κ3) is 16.9. The summed E-state index contributed by atoms with van der Waals surface area (Å²) in [7, 11) is 0. The zero-order valence-corrected chi connectivity index (χ0v) is 42.3. The first-order valence-corrected chi connectivity index (χ1v) is 21.6. The largest absolute Gasteiger partial charge is 3.00 e. The monoisotopic (exact) mass is 992 g/mol. The molecule has 3 aromatic carbocycles. The third-order valence-corrected chi connectivity index (χ3v) is 10.5. The third-order valence-electron chi connectivity index (χ3n) is 10.5. The van der Waals surface area contributed by atoms with E-state index >= 15 is 0 Å². The van der Waals surface area contributed by atoms with Crippen LogP contribution in [0.15, 0.2) is 128 Å². The molecule has 6 aromatic rings. The minimum absolute atomic E-state index is 0. The zero-order chi connectivity index (χ0) is 44.4. The van der Waals surface area contributed by atoms with E-state index in [1.165, 1.54) is 16.7 Å². The van der Waals surface area contributed by atoms with Crippen LogP contribution in [0, 0.1) is 34.4 Å². The molecule has 3 nitrogen and oxygen atoms in total. The van der Waals surface area contributed by atoms with Crippen LogP contribution < -0.4 is 0 Å². The number of rotatable bonds is 9. The molecule has 0 spiro atoms. The van der Waals surface area contributed by atoms with E-state index in [0.717, 1.165) is 53.0 Å². The van der Waals surface area contributed by atoms with Gasteiger partial charge in [-0.1, -0.05) is 140 Å². The van der Waals surface area contributed by atoms with Gasteiger partial charge in [-0.3, -0.25) is 0 Å². The van der Waals surface area contributed by atoms with E-state index in [0.29, 0.717) is 16.2 Å². The molecule has 0 unspecified atom stereocenters. The summed E-state index contributed by atoms with van der Waals surface area (Å²) < 4.78 is 0. The number of aromatic nitrogens is 3. The Kier molecular flexibility index (Phi) is 17.8. The molecule has 4 heteroatoms. The van der Waals surface area contributed by atoms with Crippen molar-refractivity contribution in [3.05, 3.63) is 163 Å². The molecule has 0 aliphatic carbocycles. The normalized spacial score (nSPS) is 12.2. The van der Waals surface area contributed by atoms with Crippen LogP contribution in [0.4, 0.5) is 0 Å². The molecule has 0 radical (unpaired) electrons. The van der Waals surface area contributed by atoms with Crippen LogP contribution in [0.25, 0.3) is 33.8 Å². The molecule has 3 aromatic heterocycles. The van der Waals surface area contributed by atoms with Gasteiger partial charge in [0.2, 0.25) is 0 Å². The predicted octanol–water partition coefficient (Wildman–Crippen LogP) is 15.8. The van der Waals surface area contributed by atoms with Crippen molar-refractivity contribution in [2.45, 2.75) is 139 Å². The fourth-order valence-electron chi connectivity index (χ4n) is 8.96. The summed E-state index contributed by atoms with van der Waals surface area (Å²) in [5.41, 5.74) is 11.6. The van der Waals surface area contributed by atoms with Crippen molar-refractivity contribution in [3.63, 3.8) is 0 Å². The van der Waals surface area contributed by atoms with Crippen molar-refractivity contribution >= 4 is 0 Å². The van der Waals surface area contributed by atoms with E-state index in [2.05, 4.69) is 173 Å². The van der Waals surface area contributed by atoms with Gasteiger partial charge in [0.05, 0.1) is 0 Å². The molecular formula is C57H72IrN3. The first-order chi connectivity index (χ1) is 27.8. The maximum Gasteiger partial charge on any atom is 3.00 e. The topological polar surface area (TPSA) is 38.7 Å². The molecule has 0 amide bonds. The van der Waals surface area contributed by atoms with Gasteiger partial charge in [0.25, 0.3) is 0 Å². The Balaban J connectivity index is 0.000000242. The summed E-state index contributed by atoms with van der Waals surface area (Å²) in [6.45, 7) is 34.5. The Labute approximate surface area is 385 Å². The van der Waals surface area contributed by atoms with Crippen LogP contribution >= 0.6 is 0 Å². The van der Waals surface area contributed by atoms with E-state index in [4.69, 9.17) is 0 Å². The first-order valence-electron chi connectivity index (χ1n) is 21.6. The summed E-state index contributed by atoms with van der Waals surface area (Å²) in [5, 5.41) is 0. The van der Waals surface area contributed by atoms with Gasteiger partial charge in [0.1, 0.15) is 0 Å². The number of pyridine rings is 3. The summed E-state index contributed by atoms with van der Waals surface area (Å²) in [6.07, 6.45) is 8.92. The second kappa shape index (κ2) is 21.2. The average molecular weight is 991 g/mol. The van der Waals surface area contributed by atoms with Crippen LogP contribution in [-0.2, 0) is 36.4 Å². The fraction of sp³-hybridized carbons (Fsp3) is 0.421. The molecule has 0 aliphatic rings. The fourth-order valence-corrected chi connectivity index (χ4v) is 8.96. The van der Waals surface area contributed by atoms with E-state index in [1.54, 1.807) is 0 Å². The Morgan fingerprint density at radius 2 is 0.607 bits per heavy atom. The van der Waals surface area contributed by atoms with Gasteiger partial charge in [0, 0.05) is 18.6 Å². The molecule has 0 N–H and O–H groups in total. The Bertz CT molecular complexity index is 1950. The maximum atomic E-state index is 4.42. The van der Waals surface area contributed by atoms with E-state index in [9.17, 15) is 0 Å². The molecular weight excluding hydrogens is 919 g/mol. The molecule has 61 heavy (non-hydrogen) atoms. The van der Waals surface area contributed by atoms with Gasteiger partial charge in [-0.2, -0.15) is 0 Å².